The SMILES string of the molecule is C[C@@H](N)C1=NNC(=O)C1.Cl.Cl. The lowest BCUT2D eigenvalue weighted by Gasteiger charge is -1.98. The number of halogens is 2. The second-order valence-electron chi connectivity index (χ2n) is 2.10. The highest BCUT2D eigenvalue weighted by molar-refractivity contribution is 6.07. The van der Waals surface area contributed by atoms with Crippen LogP contribution in [0.4, 0.5) is 0 Å². The second-order valence-corrected chi connectivity index (χ2v) is 2.10. The molecule has 1 atom stereocenters. The molecule has 0 saturated heterocycles. The number of amides is 1. The zero-order valence-electron chi connectivity index (χ0n) is 6.03. The van der Waals surface area contributed by atoms with E-state index in [1.807, 2.05) is 0 Å². The monoisotopic (exact) mass is 199 g/mol. The van der Waals surface area contributed by atoms with Crippen LogP contribution in [0.5, 0.6) is 0 Å². The van der Waals surface area contributed by atoms with Crippen LogP contribution in [0, 0.1) is 0 Å². The molecule has 3 N–H and O–H groups in total. The summed E-state index contributed by atoms with van der Waals surface area (Å²) >= 11 is 0. The van der Waals surface area contributed by atoms with Crippen LogP contribution < -0.4 is 11.2 Å². The lowest BCUT2D eigenvalue weighted by atomic mass is 10.2. The summed E-state index contributed by atoms with van der Waals surface area (Å²) in [5, 5.41) is 3.71. The van der Waals surface area contributed by atoms with E-state index in [9.17, 15) is 4.79 Å². The highest BCUT2D eigenvalue weighted by Crippen LogP contribution is 1.97. The van der Waals surface area contributed by atoms with Gasteiger partial charge in [0.2, 0.25) is 5.91 Å². The third-order valence-corrected chi connectivity index (χ3v) is 1.19. The topological polar surface area (TPSA) is 67.5 Å². The maximum Gasteiger partial charge on any atom is 0.245 e. The van der Waals surface area contributed by atoms with E-state index in [1.54, 1.807) is 6.92 Å². The van der Waals surface area contributed by atoms with Gasteiger partial charge in [0.15, 0.2) is 0 Å². The molecule has 1 rings (SSSR count). The number of hydrogen-bond acceptors (Lipinski definition) is 3. The van der Waals surface area contributed by atoms with Gasteiger partial charge in [0.25, 0.3) is 0 Å². The van der Waals surface area contributed by atoms with Gasteiger partial charge in [0.1, 0.15) is 0 Å². The molecule has 1 heterocycles. The molecular formula is C5H11Cl2N3O. The van der Waals surface area contributed by atoms with E-state index in [2.05, 4.69) is 10.5 Å². The van der Waals surface area contributed by atoms with Gasteiger partial charge in [-0.2, -0.15) is 5.10 Å². The molecule has 0 saturated carbocycles. The van der Waals surface area contributed by atoms with Gasteiger partial charge < -0.3 is 5.73 Å². The maximum absolute atomic E-state index is 10.5. The van der Waals surface area contributed by atoms with E-state index in [4.69, 9.17) is 5.73 Å². The Hall–Kier alpha value is -0.320. The molecule has 66 valence electrons. The Morgan fingerprint density at radius 3 is 2.36 bits per heavy atom. The fourth-order valence-electron chi connectivity index (χ4n) is 0.641. The standard InChI is InChI=1S/C5H9N3O.2ClH/c1-3(6)4-2-5(9)8-7-4;;/h3H,2,6H2,1H3,(H,8,9);2*1H/t3-;;/m1../s1. The Kier molecular flexibility index (Phi) is 6.46. The largest absolute Gasteiger partial charge is 0.323 e. The van der Waals surface area contributed by atoms with Crippen LogP contribution in [0.15, 0.2) is 5.10 Å². The molecule has 4 nitrogen and oxygen atoms in total. The molecule has 0 spiro atoms. The Morgan fingerprint density at radius 1 is 1.64 bits per heavy atom. The molecule has 0 aliphatic carbocycles. The van der Waals surface area contributed by atoms with Crippen molar-refractivity contribution in [1.82, 2.24) is 5.43 Å². The summed E-state index contributed by atoms with van der Waals surface area (Å²) in [6, 6.07) is -0.107. The second kappa shape index (κ2) is 5.35. The Bertz CT molecular complexity index is 169. The highest BCUT2D eigenvalue weighted by atomic mass is 35.5. The minimum atomic E-state index is -0.107. The Morgan fingerprint density at radius 2 is 2.18 bits per heavy atom. The third kappa shape index (κ3) is 3.55. The normalized spacial score (nSPS) is 17.3. The Labute approximate surface area is 77.4 Å². The number of hydrazone groups is 1. The molecule has 6 heteroatoms. The molecule has 0 fully saturated rings. The number of carbonyl (C=O) groups excluding carboxylic acids is 1. The van der Waals surface area contributed by atoms with E-state index in [1.165, 1.54) is 0 Å². The van der Waals surface area contributed by atoms with E-state index in [0.717, 1.165) is 5.71 Å². The van der Waals surface area contributed by atoms with Gasteiger partial charge in [0.05, 0.1) is 12.1 Å². The number of nitrogens with zero attached hydrogens (tertiary/aromatic N) is 1. The first kappa shape index (κ1) is 13.3. The van der Waals surface area contributed by atoms with E-state index < -0.39 is 0 Å². The maximum atomic E-state index is 10.5. The minimum absolute atomic E-state index is 0. The van der Waals surface area contributed by atoms with Crippen molar-refractivity contribution in [2.75, 3.05) is 0 Å². The summed E-state index contributed by atoms with van der Waals surface area (Å²) in [4.78, 5) is 10.5. The van der Waals surface area contributed by atoms with Gasteiger partial charge in [-0.3, -0.25) is 4.79 Å². The predicted molar refractivity (Wildman–Crippen MR) is 48.3 cm³/mol. The molecule has 0 bridgehead atoms. The van der Waals surface area contributed by atoms with Gasteiger partial charge in [-0.05, 0) is 6.92 Å². The number of hydrogen-bond donors (Lipinski definition) is 2. The molecule has 0 aromatic rings. The first-order valence-corrected chi connectivity index (χ1v) is 2.81. The summed E-state index contributed by atoms with van der Waals surface area (Å²) in [5.74, 6) is -0.0673. The van der Waals surface area contributed by atoms with Crippen LogP contribution in [0.25, 0.3) is 0 Å². The summed E-state index contributed by atoms with van der Waals surface area (Å²) < 4.78 is 0. The first-order valence-electron chi connectivity index (χ1n) is 2.81. The van der Waals surface area contributed by atoms with Gasteiger partial charge in [-0.1, -0.05) is 0 Å². The van der Waals surface area contributed by atoms with Crippen molar-refractivity contribution in [1.29, 1.82) is 0 Å². The van der Waals surface area contributed by atoms with Crippen LogP contribution in [-0.4, -0.2) is 17.7 Å². The van der Waals surface area contributed by atoms with E-state index in [0.29, 0.717) is 6.42 Å². The molecule has 1 aliphatic heterocycles. The molecule has 1 amide bonds. The van der Waals surface area contributed by atoms with Crippen LogP contribution >= 0.6 is 24.8 Å². The molecular weight excluding hydrogens is 189 g/mol. The van der Waals surface area contributed by atoms with Crippen molar-refractivity contribution in [2.24, 2.45) is 10.8 Å². The van der Waals surface area contributed by atoms with Crippen LogP contribution in [-0.2, 0) is 4.79 Å². The van der Waals surface area contributed by atoms with Crippen molar-refractivity contribution < 1.29 is 4.79 Å². The number of carbonyl (C=O) groups is 1. The summed E-state index contributed by atoms with van der Waals surface area (Å²) in [6.07, 6.45) is 0.359. The third-order valence-electron chi connectivity index (χ3n) is 1.19. The van der Waals surface area contributed by atoms with E-state index in [-0.39, 0.29) is 36.8 Å². The number of nitrogens with two attached hydrogens (primary N) is 1. The molecule has 1 aliphatic rings. The first-order chi connectivity index (χ1) is 4.20. The van der Waals surface area contributed by atoms with Crippen molar-refractivity contribution in [3.8, 4) is 0 Å². The highest BCUT2D eigenvalue weighted by Gasteiger charge is 2.16. The molecule has 11 heavy (non-hydrogen) atoms. The number of nitrogens with one attached hydrogen (secondary N) is 1. The summed E-state index contributed by atoms with van der Waals surface area (Å²) in [6.45, 7) is 1.80. The zero-order valence-corrected chi connectivity index (χ0v) is 7.67. The van der Waals surface area contributed by atoms with Crippen molar-refractivity contribution in [3.63, 3.8) is 0 Å². The molecule has 0 aromatic carbocycles. The van der Waals surface area contributed by atoms with Crippen LogP contribution in [0.2, 0.25) is 0 Å². The van der Waals surface area contributed by atoms with Gasteiger partial charge in [0, 0.05) is 6.04 Å². The van der Waals surface area contributed by atoms with Gasteiger partial charge in [-0.15, -0.1) is 24.8 Å². The minimum Gasteiger partial charge on any atom is -0.323 e. The van der Waals surface area contributed by atoms with Crippen LogP contribution in [0.1, 0.15) is 13.3 Å². The van der Waals surface area contributed by atoms with Crippen molar-refractivity contribution >= 4 is 36.4 Å². The van der Waals surface area contributed by atoms with Crippen molar-refractivity contribution in [3.05, 3.63) is 0 Å². The number of rotatable bonds is 1. The fraction of sp³-hybridized carbons (Fsp3) is 0.600. The Balaban J connectivity index is 0. The van der Waals surface area contributed by atoms with Gasteiger partial charge >= 0.3 is 0 Å². The van der Waals surface area contributed by atoms with Crippen molar-refractivity contribution in [2.45, 2.75) is 19.4 Å². The lowest BCUT2D eigenvalue weighted by Crippen LogP contribution is -2.25. The average molecular weight is 200 g/mol. The van der Waals surface area contributed by atoms with Gasteiger partial charge in [-0.25, -0.2) is 5.43 Å². The van der Waals surface area contributed by atoms with E-state index >= 15 is 0 Å². The quantitative estimate of drug-likeness (QED) is 0.628. The average Bonchev–Trinajstić information content (AvgIpc) is 2.14. The molecule has 0 radical (unpaired) electrons. The summed E-state index contributed by atoms with van der Waals surface area (Å²) in [5.41, 5.74) is 8.49. The fourth-order valence-corrected chi connectivity index (χ4v) is 0.641. The zero-order chi connectivity index (χ0) is 6.85. The smallest absolute Gasteiger partial charge is 0.245 e. The molecule has 0 aromatic heterocycles. The lowest BCUT2D eigenvalue weighted by molar-refractivity contribution is -0.119. The predicted octanol–water partition coefficient (Wildman–Crippen LogP) is 0.0531. The van der Waals surface area contributed by atoms with Crippen LogP contribution in [0.3, 0.4) is 0 Å². The summed E-state index contributed by atoms with van der Waals surface area (Å²) in [7, 11) is 0. The molecule has 0 unspecified atom stereocenters.